The first-order valence-corrected chi connectivity index (χ1v) is 7.84. The van der Waals surface area contributed by atoms with Gasteiger partial charge in [0, 0.05) is 23.7 Å². The van der Waals surface area contributed by atoms with Gasteiger partial charge in [-0.05, 0) is 36.8 Å². The van der Waals surface area contributed by atoms with E-state index in [-0.39, 0.29) is 11.4 Å². The van der Waals surface area contributed by atoms with Crippen LogP contribution in [-0.2, 0) is 16.4 Å². The molecule has 0 unspecified atom stereocenters. The average Bonchev–Trinajstić information content (AvgIpc) is 2.88. The van der Waals surface area contributed by atoms with Gasteiger partial charge in [-0.2, -0.15) is 0 Å². The quantitative estimate of drug-likeness (QED) is 0.829. The molecule has 2 rings (SSSR count). The molecule has 0 fully saturated rings. The van der Waals surface area contributed by atoms with Crippen LogP contribution in [0, 0.1) is 6.92 Å². The zero-order valence-corrected chi connectivity index (χ0v) is 12.5. The largest absolute Gasteiger partial charge is 0.469 e. The molecule has 108 valence electrons. The fraction of sp³-hybridized carbons (Fsp3) is 0.231. The van der Waals surface area contributed by atoms with E-state index in [1.54, 1.807) is 25.3 Å². The van der Waals surface area contributed by atoms with Crippen LogP contribution in [0.5, 0.6) is 0 Å². The predicted molar refractivity (Wildman–Crippen MR) is 78.2 cm³/mol. The maximum Gasteiger partial charge on any atom is 0.240 e. The van der Waals surface area contributed by atoms with Gasteiger partial charge in [0.15, 0.2) is 0 Å². The van der Waals surface area contributed by atoms with E-state index in [0.717, 1.165) is 0 Å². The number of halogens is 1. The minimum absolute atomic E-state index is 0.0602. The molecule has 0 saturated carbocycles. The highest BCUT2D eigenvalue weighted by molar-refractivity contribution is 7.89. The molecule has 0 aliphatic rings. The number of nitrogens with one attached hydrogen (secondary N) is 1. The number of nitrogens with two attached hydrogens (primary N) is 1. The Labute approximate surface area is 122 Å². The first-order chi connectivity index (χ1) is 9.40. The van der Waals surface area contributed by atoms with E-state index in [9.17, 15) is 8.42 Å². The number of sulfonamides is 1. The lowest BCUT2D eigenvalue weighted by atomic mass is 10.2. The highest BCUT2D eigenvalue weighted by atomic mass is 35.5. The van der Waals surface area contributed by atoms with Crippen LogP contribution in [0.3, 0.4) is 0 Å². The third-order valence-corrected chi connectivity index (χ3v) is 4.74. The molecular weight excluding hydrogens is 300 g/mol. The molecule has 0 spiro atoms. The van der Waals surface area contributed by atoms with Crippen LogP contribution in [0.25, 0.3) is 0 Å². The minimum Gasteiger partial charge on any atom is -0.469 e. The number of anilines is 1. The van der Waals surface area contributed by atoms with Crippen molar-refractivity contribution in [2.75, 3.05) is 12.3 Å². The summed E-state index contributed by atoms with van der Waals surface area (Å²) >= 11 is 5.95. The Kier molecular flexibility index (Phi) is 4.37. The molecule has 0 atom stereocenters. The molecule has 0 bridgehead atoms. The Morgan fingerprint density at radius 2 is 2.15 bits per heavy atom. The number of nitrogen functional groups attached to an aromatic ring is 1. The highest BCUT2D eigenvalue weighted by Gasteiger charge is 2.16. The SMILES string of the molecule is Cc1c(N)cc(S(=O)(=O)NCCc2ccco2)cc1Cl. The number of hydrogen-bond acceptors (Lipinski definition) is 4. The zero-order chi connectivity index (χ0) is 14.8. The molecule has 1 heterocycles. The van der Waals surface area contributed by atoms with Crippen molar-refractivity contribution < 1.29 is 12.8 Å². The fourth-order valence-corrected chi connectivity index (χ4v) is 3.06. The van der Waals surface area contributed by atoms with E-state index in [1.807, 2.05) is 0 Å². The minimum atomic E-state index is -3.63. The van der Waals surface area contributed by atoms with Crippen molar-refractivity contribution in [1.29, 1.82) is 0 Å². The third kappa shape index (κ3) is 3.33. The van der Waals surface area contributed by atoms with Gasteiger partial charge in [-0.1, -0.05) is 11.6 Å². The molecule has 5 nitrogen and oxygen atoms in total. The van der Waals surface area contributed by atoms with Crippen molar-refractivity contribution in [3.05, 3.63) is 46.9 Å². The van der Waals surface area contributed by atoms with Crippen LogP contribution in [0.4, 0.5) is 5.69 Å². The predicted octanol–water partition coefficient (Wildman–Crippen LogP) is 2.34. The lowest BCUT2D eigenvalue weighted by Gasteiger charge is -2.09. The van der Waals surface area contributed by atoms with Crippen LogP contribution in [0.2, 0.25) is 5.02 Å². The summed E-state index contributed by atoms with van der Waals surface area (Å²) in [5, 5.41) is 0.330. The van der Waals surface area contributed by atoms with Crippen LogP contribution in [0.1, 0.15) is 11.3 Å². The van der Waals surface area contributed by atoms with Crippen LogP contribution in [0.15, 0.2) is 39.8 Å². The van der Waals surface area contributed by atoms with Crippen molar-refractivity contribution >= 4 is 27.3 Å². The van der Waals surface area contributed by atoms with Gasteiger partial charge >= 0.3 is 0 Å². The summed E-state index contributed by atoms with van der Waals surface area (Å²) in [6.45, 7) is 1.97. The van der Waals surface area contributed by atoms with Gasteiger partial charge in [-0.3, -0.25) is 0 Å². The Morgan fingerprint density at radius 1 is 1.40 bits per heavy atom. The van der Waals surface area contributed by atoms with Gasteiger partial charge in [-0.25, -0.2) is 13.1 Å². The number of hydrogen-bond donors (Lipinski definition) is 2. The normalized spacial score (nSPS) is 11.7. The van der Waals surface area contributed by atoms with Crippen molar-refractivity contribution in [2.24, 2.45) is 0 Å². The number of rotatable bonds is 5. The Bertz CT molecular complexity index is 673. The van der Waals surface area contributed by atoms with Gasteiger partial charge in [0.25, 0.3) is 0 Å². The smallest absolute Gasteiger partial charge is 0.240 e. The summed E-state index contributed by atoms with van der Waals surface area (Å²) in [6, 6.07) is 6.33. The van der Waals surface area contributed by atoms with E-state index in [1.165, 1.54) is 12.1 Å². The van der Waals surface area contributed by atoms with E-state index in [2.05, 4.69) is 4.72 Å². The second kappa shape index (κ2) is 5.87. The Morgan fingerprint density at radius 3 is 2.75 bits per heavy atom. The molecule has 2 aromatic rings. The van der Waals surface area contributed by atoms with Gasteiger partial charge in [0.05, 0.1) is 11.2 Å². The van der Waals surface area contributed by atoms with E-state index < -0.39 is 10.0 Å². The average molecular weight is 315 g/mol. The lowest BCUT2D eigenvalue weighted by molar-refractivity contribution is 0.506. The molecule has 0 radical (unpaired) electrons. The molecule has 3 N–H and O–H groups in total. The molecule has 0 saturated heterocycles. The lowest BCUT2D eigenvalue weighted by Crippen LogP contribution is -2.26. The molecule has 7 heteroatoms. The third-order valence-electron chi connectivity index (χ3n) is 2.91. The first kappa shape index (κ1) is 14.9. The van der Waals surface area contributed by atoms with Crippen molar-refractivity contribution in [3.8, 4) is 0 Å². The summed E-state index contributed by atoms with van der Waals surface area (Å²) in [5.74, 6) is 0.717. The van der Waals surface area contributed by atoms with E-state index in [4.69, 9.17) is 21.8 Å². The summed E-state index contributed by atoms with van der Waals surface area (Å²) < 4.78 is 31.9. The van der Waals surface area contributed by atoms with Crippen LogP contribution >= 0.6 is 11.6 Å². The number of benzene rings is 1. The van der Waals surface area contributed by atoms with Gasteiger partial charge in [-0.15, -0.1) is 0 Å². The van der Waals surface area contributed by atoms with Gasteiger partial charge < -0.3 is 10.2 Å². The number of furan rings is 1. The molecule has 1 aromatic carbocycles. The molecule has 0 amide bonds. The highest BCUT2D eigenvalue weighted by Crippen LogP contribution is 2.25. The Balaban J connectivity index is 2.10. The maximum atomic E-state index is 12.1. The summed E-state index contributed by atoms with van der Waals surface area (Å²) in [7, 11) is -3.63. The topological polar surface area (TPSA) is 85.3 Å². The fourth-order valence-electron chi connectivity index (χ4n) is 1.68. The van der Waals surface area contributed by atoms with Crippen molar-refractivity contribution in [2.45, 2.75) is 18.2 Å². The summed E-state index contributed by atoms with van der Waals surface area (Å²) in [5.41, 5.74) is 6.75. The van der Waals surface area contributed by atoms with Gasteiger partial charge in [0.2, 0.25) is 10.0 Å². The second-order valence-electron chi connectivity index (χ2n) is 4.35. The first-order valence-electron chi connectivity index (χ1n) is 5.98. The molecule has 0 aliphatic carbocycles. The van der Waals surface area contributed by atoms with Crippen LogP contribution < -0.4 is 10.5 Å². The summed E-state index contributed by atoms with van der Waals surface area (Å²) in [6.07, 6.45) is 2.02. The molecular formula is C13H15ClN2O3S. The summed E-state index contributed by atoms with van der Waals surface area (Å²) in [4.78, 5) is 0.0602. The molecule has 0 aliphatic heterocycles. The van der Waals surface area contributed by atoms with Crippen molar-refractivity contribution in [1.82, 2.24) is 4.72 Å². The molecule has 20 heavy (non-hydrogen) atoms. The molecule has 1 aromatic heterocycles. The van der Waals surface area contributed by atoms with Crippen LogP contribution in [-0.4, -0.2) is 15.0 Å². The Hall–Kier alpha value is -1.50. The van der Waals surface area contributed by atoms with Crippen molar-refractivity contribution in [3.63, 3.8) is 0 Å². The standard InChI is InChI=1S/C13H15ClN2O3S/c1-9-12(14)7-11(8-13(9)15)20(17,18)16-5-4-10-3-2-6-19-10/h2-3,6-8,16H,4-5,15H2,1H3. The monoisotopic (exact) mass is 314 g/mol. The van der Waals surface area contributed by atoms with E-state index >= 15 is 0 Å². The van der Waals surface area contributed by atoms with E-state index in [0.29, 0.717) is 28.5 Å². The zero-order valence-electron chi connectivity index (χ0n) is 10.9. The van der Waals surface area contributed by atoms with Gasteiger partial charge in [0.1, 0.15) is 5.76 Å². The maximum absolute atomic E-state index is 12.1. The second-order valence-corrected chi connectivity index (χ2v) is 6.52.